The highest BCUT2D eigenvalue weighted by Crippen LogP contribution is 2.12. The Morgan fingerprint density at radius 1 is 1.40 bits per heavy atom. The molecular formula is C11H16N4O4S. The second-order valence-electron chi connectivity index (χ2n) is 3.74. The molecule has 0 aliphatic carbocycles. The molecule has 9 heteroatoms. The Morgan fingerprint density at radius 2 is 2.00 bits per heavy atom. The van der Waals surface area contributed by atoms with Gasteiger partial charge < -0.3 is 10.5 Å². The van der Waals surface area contributed by atoms with Crippen LogP contribution in [0.5, 0.6) is 0 Å². The Balaban J connectivity index is 2.86. The van der Waals surface area contributed by atoms with E-state index >= 15 is 0 Å². The number of amides is 1. The lowest BCUT2D eigenvalue weighted by atomic mass is 10.1. The molecule has 0 fully saturated rings. The Kier molecular flexibility index (Phi) is 5.47. The van der Waals surface area contributed by atoms with Crippen molar-refractivity contribution < 1.29 is 17.9 Å². The van der Waals surface area contributed by atoms with Gasteiger partial charge in [-0.1, -0.05) is 30.3 Å². The summed E-state index contributed by atoms with van der Waals surface area (Å²) >= 11 is 0. The Hall–Kier alpha value is -2.13. The predicted octanol–water partition coefficient (Wildman–Crippen LogP) is 0.244. The van der Waals surface area contributed by atoms with Gasteiger partial charge in [0.25, 0.3) is 0 Å². The molecule has 0 spiro atoms. The van der Waals surface area contributed by atoms with Crippen molar-refractivity contribution in [3.8, 4) is 0 Å². The third-order valence-corrected chi connectivity index (χ3v) is 3.19. The summed E-state index contributed by atoms with van der Waals surface area (Å²) in [6, 6.07) is 7.25. The highest BCUT2D eigenvalue weighted by Gasteiger charge is 2.23. The van der Waals surface area contributed by atoms with Gasteiger partial charge in [0.1, 0.15) is 11.9 Å². The largest absolute Gasteiger partial charge is 0.449 e. The molecule has 0 saturated carbocycles. The van der Waals surface area contributed by atoms with Crippen molar-refractivity contribution in [2.45, 2.75) is 13.0 Å². The highest BCUT2D eigenvalue weighted by atomic mass is 32.2. The van der Waals surface area contributed by atoms with E-state index in [1.54, 1.807) is 42.0 Å². The number of ether oxygens (including phenoxy) is 1. The molecule has 5 N–H and O–H groups in total. The quantitative estimate of drug-likeness (QED) is 0.441. The number of carbonyl (C=O) groups excluding carboxylic acids is 1. The molecule has 1 aromatic rings. The van der Waals surface area contributed by atoms with Gasteiger partial charge >= 0.3 is 16.3 Å². The van der Waals surface area contributed by atoms with Crippen LogP contribution in [0.3, 0.4) is 0 Å². The van der Waals surface area contributed by atoms with Gasteiger partial charge in [0, 0.05) is 0 Å². The Labute approximate surface area is 117 Å². The summed E-state index contributed by atoms with van der Waals surface area (Å²) in [4.78, 5) is 11.1. The first-order valence-corrected chi connectivity index (χ1v) is 7.19. The molecule has 1 aromatic carbocycles. The Bertz CT molecular complexity index is 573. The van der Waals surface area contributed by atoms with E-state index in [2.05, 4.69) is 9.46 Å². The van der Waals surface area contributed by atoms with Crippen molar-refractivity contribution in [3.63, 3.8) is 0 Å². The lowest BCUT2D eigenvalue weighted by molar-refractivity contribution is 0.158. The number of rotatable bonds is 6. The molecule has 0 aromatic heterocycles. The van der Waals surface area contributed by atoms with Crippen molar-refractivity contribution in [2.24, 2.45) is 5.73 Å². The first-order chi connectivity index (χ1) is 9.35. The van der Waals surface area contributed by atoms with E-state index in [-0.39, 0.29) is 6.61 Å². The van der Waals surface area contributed by atoms with Gasteiger partial charge in [0.2, 0.25) is 0 Å². The molecule has 0 aliphatic heterocycles. The molecule has 0 radical (unpaired) electrons. The number of nitrogens with two attached hydrogens (primary N) is 1. The smallest absolute Gasteiger partial charge is 0.421 e. The maximum Gasteiger partial charge on any atom is 0.421 e. The van der Waals surface area contributed by atoms with E-state index in [1.807, 2.05) is 0 Å². The van der Waals surface area contributed by atoms with Crippen LogP contribution >= 0.6 is 0 Å². The fraction of sp³-hybridized carbons (Fsp3) is 0.273. The number of hydrogen-bond acceptors (Lipinski definition) is 5. The number of benzene rings is 1. The zero-order valence-electron chi connectivity index (χ0n) is 10.8. The molecule has 1 unspecified atom stereocenters. The van der Waals surface area contributed by atoms with Gasteiger partial charge in [-0.3, -0.25) is 5.41 Å². The van der Waals surface area contributed by atoms with Crippen molar-refractivity contribution in [1.82, 2.24) is 9.44 Å². The first kappa shape index (κ1) is 15.9. The summed E-state index contributed by atoms with van der Waals surface area (Å²) in [6.07, 6.45) is -1.10. The highest BCUT2D eigenvalue weighted by molar-refractivity contribution is 7.88. The molecule has 0 heterocycles. The summed E-state index contributed by atoms with van der Waals surface area (Å²) in [5, 5.41) is 7.44. The minimum atomic E-state index is -4.19. The number of nitrogens with one attached hydrogen (secondary N) is 3. The normalized spacial score (nSPS) is 12.4. The summed E-state index contributed by atoms with van der Waals surface area (Å²) in [5.74, 6) is -0.398. The van der Waals surface area contributed by atoms with Gasteiger partial charge in [-0.05, 0) is 12.5 Å². The first-order valence-electron chi connectivity index (χ1n) is 5.71. The molecule has 20 heavy (non-hydrogen) atoms. The summed E-state index contributed by atoms with van der Waals surface area (Å²) < 4.78 is 31.7. The molecule has 1 amide bonds. The minimum Gasteiger partial charge on any atom is -0.449 e. The SMILES string of the molecule is CCOC(=O)NS(=O)(=O)NC(C(=N)N)c1ccccc1. The van der Waals surface area contributed by atoms with Crippen LogP contribution in [0.4, 0.5) is 4.79 Å². The standard InChI is InChI=1S/C11H16N4O4S/c1-2-19-11(16)15-20(17,18)14-9(10(12)13)8-6-4-3-5-7-8/h3-7,9,14H,2H2,1H3,(H3,12,13)(H,15,16). The van der Waals surface area contributed by atoms with Crippen molar-refractivity contribution >= 4 is 22.1 Å². The summed E-state index contributed by atoms with van der Waals surface area (Å²) in [5.41, 5.74) is 5.86. The van der Waals surface area contributed by atoms with Crippen molar-refractivity contribution in [3.05, 3.63) is 35.9 Å². The van der Waals surface area contributed by atoms with E-state index in [0.29, 0.717) is 5.56 Å². The maximum absolute atomic E-state index is 11.7. The van der Waals surface area contributed by atoms with Gasteiger partial charge in [-0.25, -0.2) is 9.52 Å². The van der Waals surface area contributed by atoms with Crippen molar-refractivity contribution in [2.75, 3.05) is 6.61 Å². The zero-order chi connectivity index (χ0) is 15.2. The van der Waals surface area contributed by atoms with E-state index < -0.39 is 28.2 Å². The molecule has 1 atom stereocenters. The van der Waals surface area contributed by atoms with Gasteiger partial charge in [-0.15, -0.1) is 0 Å². The van der Waals surface area contributed by atoms with Crippen LogP contribution < -0.4 is 15.2 Å². The van der Waals surface area contributed by atoms with Crippen LogP contribution in [-0.2, 0) is 14.9 Å². The van der Waals surface area contributed by atoms with Crippen LogP contribution in [0.25, 0.3) is 0 Å². The fourth-order valence-electron chi connectivity index (χ4n) is 1.41. The van der Waals surface area contributed by atoms with E-state index in [9.17, 15) is 13.2 Å². The van der Waals surface area contributed by atoms with Crippen molar-refractivity contribution in [1.29, 1.82) is 5.41 Å². The monoisotopic (exact) mass is 300 g/mol. The fourth-order valence-corrected chi connectivity index (χ4v) is 2.32. The second-order valence-corrected chi connectivity index (χ2v) is 5.19. The van der Waals surface area contributed by atoms with Gasteiger partial charge in [-0.2, -0.15) is 13.1 Å². The number of carbonyl (C=O) groups is 1. The number of hydrogen-bond donors (Lipinski definition) is 4. The van der Waals surface area contributed by atoms with Crippen LogP contribution in [0.2, 0.25) is 0 Å². The Morgan fingerprint density at radius 3 is 2.50 bits per heavy atom. The molecule has 1 rings (SSSR count). The van der Waals surface area contributed by atoms with E-state index in [4.69, 9.17) is 11.1 Å². The van der Waals surface area contributed by atoms with Gasteiger partial charge in [0.05, 0.1) is 6.61 Å². The molecule has 0 bridgehead atoms. The maximum atomic E-state index is 11.7. The van der Waals surface area contributed by atoms with E-state index in [1.165, 1.54) is 0 Å². The lowest BCUT2D eigenvalue weighted by Crippen LogP contribution is -2.45. The van der Waals surface area contributed by atoms with E-state index in [0.717, 1.165) is 0 Å². The average molecular weight is 300 g/mol. The molecule has 0 saturated heterocycles. The van der Waals surface area contributed by atoms with Crippen LogP contribution in [-0.4, -0.2) is 27.0 Å². The summed E-state index contributed by atoms with van der Waals surface area (Å²) in [7, 11) is -4.19. The third kappa shape index (κ3) is 4.86. The zero-order valence-corrected chi connectivity index (χ0v) is 11.6. The minimum absolute atomic E-state index is 0.0379. The molecule has 110 valence electrons. The van der Waals surface area contributed by atoms with Crippen LogP contribution in [0, 0.1) is 5.41 Å². The van der Waals surface area contributed by atoms with Crippen LogP contribution in [0.15, 0.2) is 30.3 Å². The van der Waals surface area contributed by atoms with Crippen LogP contribution in [0.1, 0.15) is 18.5 Å². The topological polar surface area (TPSA) is 134 Å². The lowest BCUT2D eigenvalue weighted by Gasteiger charge is -2.17. The summed E-state index contributed by atoms with van der Waals surface area (Å²) in [6.45, 7) is 1.58. The number of amidine groups is 1. The second kappa shape index (κ2) is 6.87. The molecular weight excluding hydrogens is 284 g/mol. The molecule has 8 nitrogen and oxygen atoms in total. The average Bonchev–Trinajstić information content (AvgIpc) is 2.36. The third-order valence-electron chi connectivity index (χ3n) is 2.21. The van der Waals surface area contributed by atoms with Gasteiger partial charge in [0.15, 0.2) is 0 Å². The predicted molar refractivity (Wildman–Crippen MR) is 73.3 cm³/mol. The molecule has 0 aliphatic rings.